The van der Waals surface area contributed by atoms with Gasteiger partial charge in [-0.2, -0.15) is 0 Å². The molecule has 2 heterocycles. The predicted octanol–water partition coefficient (Wildman–Crippen LogP) is 2.33. The largest absolute Gasteiger partial charge is 0.362 e. The van der Waals surface area contributed by atoms with Gasteiger partial charge in [-0.25, -0.2) is 0 Å². The lowest BCUT2D eigenvalue weighted by Crippen LogP contribution is -2.47. The first-order chi connectivity index (χ1) is 14.1. The molecule has 0 fully saturated rings. The highest BCUT2D eigenvalue weighted by molar-refractivity contribution is 7.99. The monoisotopic (exact) mass is 410 g/mol. The number of anilines is 2. The van der Waals surface area contributed by atoms with Crippen LogP contribution in [-0.2, 0) is 16.0 Å². The van der Waals surface area contributed by atoms with E-state index in [4.69, 9.17) is 0 Å². The number of aryl methyl sites for hydroxylation is 1. The lowest BCUT2D eigenvalue weighted by Gasteiger charge is -2.30. The second-order valence-corrected chi connectivity index (χ2v) is 8.15. The van der Waals surface area contributed by atoms with Crippen LogP contribution < -0.4 is 21.1 Å². The molecule has 3 N–H and O–H groups in total. The smallest absolute Gasteiger partial charge is 0.269 e. The molecular weight excluding hydrogens is 388 g/mol. The third-order valence-electron chi connectivity index (χ3n) is 4.96. The Morgan fingerprint density at radius 2 is 1.97 bits per heavy atom. The van der Waals surface area contributed by atoms with Crippen molar-refractivity contribution < 1.29 is 14.4 Å². The fourth-order valence-electron chi connectivity index (χ4n) is 3.55. The average molecular weight is 410 g/mol. The van der Waals surface area contributed by atoms with Crippen LogP contribution in [0.15, 0.2) is 47.4 Å². The Balaban J connectivity index is 1.35. The number of carbonyl (C=O) groups is 3. The number of thioether (sulfide) groups is 1. The van der Waals surface area contributed by atoms with E-state index in [0.29, 0.717) is 23.4 Å². The van der Waals surface area contributed by atoms with Gasteiger partial charge in [-0.15, -0.1) is 11.8 Å². The van der Waals surface area contributed by atoms with E-state index in [0.717, 1.165) is 30.0 Å². The number of carbonyl (C=O) groups excluding carboxylic acids is 3. The minimum atomic E-state index is -0.427. The Labute approximate surface area is 173 Å². The van der Waals surface area contributed by atoms with Crippen molar-refractivity contribution in [1.29, 1.82) is 0 Å². The van der Waals surface area contributed by atoms with E-state index in [2.05, 4.69) is 22.2 Å². The highest BCUT2D eigenvalue weighted by Gasteiger charge is 2.19. The molecule has 0 bridgehead atoms. The summed E-state index contributed by atoms with van der Waals surface area (Å²) in [6.45, 7) is 0.981. The summed E-state index contributed by atoms with van der Waals surface area (Å²) < 4.78 is 0. The molecule has 0 unspecified atom stereocenters. The zero-order chi connectivity index (χ0) is 20.2. The van der Waals surface area contributed by atoms with Gasteiger partial charge in [0.25, 0.3) is 11.8 Å². The van der Waals surface area contributed by atoms with Crippen molar-refractivity contribution in [2.45, 2.75) is 24.2 Å². The molecule has 4 rings (SSSR count). The number of para-hydroxylation sites is 1. The van der Waals surface area contributed by atoms with Crippen molar-refractivity contribution in [2.75, 3.05) is 29.1 Å². The van der Waals surface area contributed by atoms with E-state index < -0.39 is 5.91 Å². The van der Waals surface area contributed by atoms with Gasteiger partial charge in [-0.1, -0.05) is 18.2 Å². The van der Waals surface area contributed by atoms with Crippen LogP contribution in [-0.4, -0.2) is 36.6 Å². The standard InChI is InChI=1S/C21H22N4O3S/c26-19-9-11-29-18-8-7-15(12-16(18)22-19)21(28)24-23-20(27)13-25-10-3-5-14-4-1-2-6-17(14)25/h1-2,4,6-8,12H,3,5,9-11,13H2,(H,22,26)(H,23,27)(H,24,28). The molecule has 0 saturated carbocycles. The number of fused-ring (bicyclic) bond motifs is 2. The fourth-order valence-corrected chi connectivity index (χ4v) is 4.49. The minimum absolute atomic E-state index is 0.0658. The molecule has 7 nitrogen and oxygen atoms in total. The molecule has 0 saturated heterocycles. The van der Waals surface area contributed by atoms with Crippen LogP contribution in [0.5, 0.6) is 0 Å². The molecule has 0 radical (unpaired) electrons. The molecular formula is C21H22N4O3S. The summed E-state index contributed by atoms with van der Waals surface area (Å²) >= 11 is 1.58. The van der Waals surface area contributed by atoms with Crippen LogP contribution in [0.25, 0.3) is 0 Å². The Morgan fingerprint density at radius 1 is 1.10 bits per heavy atom. The van der Waals surface area contributed by atoms with Gasteiger partial charge in [0.1, 0.15) is 0 Å². The van der Waals surface area contributed by atoms with E-state index in [1.54, 1.807) is 23.9 Å². The predicted molar refractivity (Wildman–Crippen MR) is 113 cm³/mol. The highest BCUT2D eigenvalue weighted by Crippen LogP contribution is 2.31. The number of amides is 3. The Bertz CT molecular complexity index is 963. The Hall–Kier alpha value is -3.00. The van der Waals surface area contributed by atoms with Crippen LogP contribution in [0.3, 0.4) is 0 Å². The fraction of sp³-hybridized carbons (Fsp3) is 0.286. The van der Waals surface area contributed by atoms with Crippen molar-refractivity contribution in [3.05, 3.63) is 53.6 Å². The second kappa shape index (κ2) is 8.57. The maximum Gasteiger partial charge on any atom is 0.269 e. The van der Waals surface area contributed by atoms with Crippen molar-refractivity contribution >= 4 is 40.9 Å². The van der Waals surface area contributed by atoms with Gasteiger partial charge in [0.2, 0.25) is 5.91 Å². The number of hydrogen-bond donors (Lipinski definition) is 3. The summed E-state index contributed by atoms with van der Waals surface area (Å²) in [5.74, 6) is -0.0682. The molecule has 3 amide bonds. The van der Waals surface area contributed by atoms with E-state index >= 15 is 0 Å². The number of nitrogens with zero attached hydrogens (tertiary/aromatic N) is 1. The average Bonchev–Trinajstić information content (AvgIpc) is 2.92. The topological polar surface area (TPSA) is 90.5 Å². The Kier molecular flexibility index (Phi) is 5.71. The molecule has 0 atom stereocenters. The van der Waals surface area contributed by atoms with Gasteiger partial charge in [-0.3, -0.25) is 25.2 Å². The minimum Gasteiger partial charge on any atom is -0.362 e. The van der Waals surface area contributed by atoms with E-state index in [-0.39, 0.29) is 18.4 Å². The molecule has 0 aromatic heterocycles. The quantitative estimate of drug-likeness (QED) is 0.676. The first kappa shape index (κ1) is 19.3. The van der Waals surface area contributed by atoms with Gasteiger partial charge in [-0.05, 0) is 42.7 Å². The number of rotatable bonds is 3. The molecule has 2 aromatic rings. The summed E-state index contributed by atoms with van der Waals surface area (Å²) in [5.41, 5.74) is 8.25. The SMILES string of the molecule is O=C(CN1CCCc2ccccc21)NNC(=O)c1ccc2c(c1)NC(=O)CCS2. The van der Waals surface area contributed by atoms with Gasteiger partial charge in [0.05, 0.1) is 12.2 Å². The van der Waals surface area contributed by atoms with Crippen LogP contribution in [0.1, 0.15) is 28.8 Å². The molecule has 2 aliphatic rings. The lowest BCUT2D eigenvalue weighted by atomic mass is 10.0. The van der Waals surface area contributed by atoms with Gasteiger partial charge < -0.3 is 10.2 Å². The maximum absolute atomic E-state index is 12.4. The van der Waals surface area contributed by atoms with Crippen molar-refractivity contribution in [1.82, 2.24) is 10.9 Å². The number of hydrazine groups is 1. The Morgan fingerprint density at radius 3 is 2.86 bits per heavy atom. The van der Waals surface area contributed by atoms with E-state index in [1.807, 2.05) is 29.2 Å². The molecule has 2 aromatic carbocycles. The maximum atomic E-state index is 12.4. The molecule has 8 heteroatoms. The summed E-state index contributed by atoms with van der Waals surface area (Å²) in [5, 5.41) is 2.81. The van der Waals surface area contributed by atoms with Crippen molar-refractivity contribution in [3.8, 4) is 0 Å². The zero-order valence-corrected chi connectivity index (χ0v) is 16.7. The molecule has 2 aliphatic heterocycles. The van der Waals surface area contributed by atoms with Crippen LogP contribution in [0.2, 0.25) is 0 Å². The third kappa shape index (κ3) is 4.54. The first-order valence-corrected chi connectivity index (χ1v) is 10.6. The molecule has 0 spiro atoms. The van der Waals surface area contributed by atoms with Gasteiger partial charge in [0, 0.05) is 34.9 Å². The van der Waals surface area contributed by atoms with Crippen molar-refractivity contribution in [2.24, 2.45) is 0 Å². The molecule has 150 valence electrons. The lowest BCUT2D eigenvalue weighted by molar-refractivity contribution is -0.120. The first-order valence-electron chi connectivity index (χ1n) is 9.59. The second-order valence-electron chi connectivity index (χ2n) is 7.01. The van der Waals surface area contributed by atoms with E-state index in [1.165, 1.54) is 5.56 Å². The number of nitrogens with one attached hydrogen (secondary N) is 3. The number of hydrogen-bond acceptors (Lipinski definition) is 5. The summed E-state index contributed by atoms with van der Waals surface area (Å²) in [6, 6.07) is 13.2. The third-order valence-corrected chi connectivity index (χ3v) is 6.03. The molecule has 0 aliphatic carbocycles. The summed E-state index contributed by atoms with van der Waals surface area (Å²) in [7, 11) is 0. The highest BCUT2D eigenvalue weighted by atomic mass is 32.2. The number of benzene rings is 2. The van der Waals surface area contributed by atoms with Crippen molar-refractivity contribution in [3.63, 3.8) is 0 Å². The summed E-state index contributed by atoms with van der Waals surface area (Å²) in [4.78, 5) is 39.5. The zero-order valence-electron chi connectivity index (χ0n) is 15.9. The van der Waals surface area contributed by atoms with Gasteiger partial charge in [0.15, 0.2) is 0 Å². The van der Waals surface area contributed by atoms with Crippen LogP contribution in [0, 0.1) is 0 Å². The molecule has 29 heavy (non-hydrogen) atoms. The normalized spacial score (nSPS) is 15.4. The van der Waals surface area contributed by atoms with Crippen LogP contribution >= 0.6 is 11.8 Å². The summed E-state index contributed by atoms with van der Waals surface area (Å²) in [6.07, 6.45) is 2.45. The van der Waals surface area contributed by atoms with Gasteiger partial charge >= 0.3 is 0 Å². The van der Waals surface area contributed by atoms with Crippen LogP contribution in [0.4, 0.5) is 11.4 Å². The van der Waals surface area contributed by atoms with E-state index in [9.17, 15) is 14.4 Å².